The highest BCUT2D eigenvalue weighted by molar-refractivity contribution is 5.88. The van der Waals surface area contributed by atoms with E-state index in [1.807, 2.05) is 11.9 Å². The van der Waals surface area contributed by atoms with Crippen LogP contribution in [0.5, 0.6) is 0 Å². The second-order valence-corrected chi connectivity index (χ2v) is 6.04. The van der Waals surface area contributed by atoms with Crippen molar-refractivity contribution in [3.05, 3.63) is 35.1 Å². The van der Waals surface area contributed by atoms with Gasteiger partial charge in [-0.3, -0.25) is 4.90 Å². The van der Waals surface area contributed by atoms with Crippen molar-refractivity contribution < 1.29 is 14.3 Å². The van der Waals surface area contributed by atoms with Gasteiger partial charge in [0.2, 0.25) is 0 Å². The van der Waals surface area contributed by atoms with Crippen molar-refractivity contribution in [2.45, 2.75) is 40.3 Å². The number of carboxylic acids is 1. The van der Waals surface area contributed by atoms with E-state index in [4.69, 9.17) is 5.11 Å². The molecule has 1 atom stereocenters. The van der Waals surface area contributed by atoms with Crippen LogP contribution < -0.4 is 0 Å². The van der Waals surface area contributed by atoms with Gasteiger partial charge in [-0.2, -0.15) is 0 Å². The lowest BCUT2D eigenvalue weighted by molar-refractivity contribution is 0.0691. The van der Waals surface area contributed by atoms with Crippen LogP contribution in [-0.2, 0) is 6.54 Å². The SMILES string of the molecule is CC(N(C)Cc1cccc(C(=O)O)c1F)C(C)(C)C. The van der Waals surface area contributed by atoms with E-state index in [0.717, 1.165) is 0 Å². The lowest BCUT2D eigenvalue weighted by atomic mass is 9.87. The fourth-order valence-corrected chi connectivity index (χ4v) is 1.93. The maximum absolute atomic E-state index is 14.0. The largest absolute Gasteiger partial charge is 0.478 e. The molecular weight excluding hydrogens is 245 g/mol. The average Bonchev–Trinajstić information content (AvgIpc) is 2.29. The van der Waals surface area contributed by atoms with Gasteiger partial charge in [-0.05, 0) is 25.5 Å². The Morgan fingerprint density at radius 2 is 2.00 bits per heavy atom. The molecule has 19 heavy (non-hydrogen) atoms. The van der Waals surface area contributed by atoms with Gasteiger partial charge in [0.25, 0.3) is 0 Å². The molecule has 0 radical (unpaired) electrons. The summed E-state index contributed by atoms with van der Waals surface area (Å²) in [5, 5.41) is 8.91. The fourth-order valence-electron chi connectivity index (χ4n) is 1.93. The van der Waals surface area contributed by atoms with E-state index in [-0.39, 0.29) is 17.0 Å². The van der Waals surface area contributed by atoms with Gasteiger partial charge in [-0.25, -0.2) is 9.18 Å². The van der Waals surface area contributed by atoms with Crippen LogP contribution in [0.3, 0.4) is 0 Å². The Hall–Kier alpha value is -1.42. The first-order chi connectivity index (χ1) is 8.64. The summed E-state index contributed by atoms with van der Waals surface area (Å²) in [6, 6.07) is 4.75. The molecule has 0 spiro atoms. The van der Waals surface area contributed by atoms with E-state index in [1.165, 1.54) is 6.07 Å². The molecule has 0 saturated heterocycles. The number of hydrogen-bond donors (Lipinski definition) is 1. The smallest absolute Gasteiger partial charge is 0.338 e. The normalized spacial score (nSPS) is 13.6. The van der Waals surface area contributed by atoms with Gasteiger partial charge in [-0.15, -0.1) is 0 Å². The minimum absolute atomic E-state index is 0.0790. The summed E-state index contributed by atoms with van der Waals surface area (Å²) in [5.74, 6) is -1.87. The van der Waals surface area contributed by atoms with E-state index in [9.17, 15) is 9.18 Å². The molecule has 1 aromatic rings. The van der Waals surface area contributed by atoms with Crippen molar-refractivity contribution in [1.82, 2.24) is 4.90 Å². The summed E-state index contributed by atoms with van der Waals surface area (Å²) in [4.78, 5) is 12.9. The summed E-state index contributed by atoms with van der Waals surface area (Å²) in [5.41, 5.74) is 0.225. The Balaban J connectivity index is 2.95. The second kappa shape index (κ2) is 5.70. The molecule has 1 N–H and O–H groups in total. The van der Waals surface area contributed by atoms with Crippen molar-refractivity contribution in [2.24, 2.45) is 5.41 Å². The molecule has 1 aromatic carbocycles. The van der Waals surface area contributed by atoms with Crippen molar-refractivity contribution in [3.8, 4) is 0 Å². The molecule has 4 heteroatoms. The first kappa shape index (κ1) is 15.6. The number of carboxylic acid groups (broad SMARTS) is 1. The minimum atomic E-state index is -1.23. The molecule has 0 bridgehead atoms. The number of carbonyl (C=O) groups is 1. The summed E-state index contributed by atoms with van der Waals surface area (Å²) >= 11 is 0. The third kappa shape index (κ3) is 3.77. The molecule has 106 valence electrons. The Morgan fingerprint density at radius 1 is 1.42 bits per heavy atom. The van der Waals surface area contributed by atoms with Gasteiger partial charge < -0.3 is 5.11 Å². The van der Waals surface area contributed by atoms with Crippen LogP contribution in [-0.4, -0.2) is 29.1 Å². The molecule has 1 rings (SSSR count). The third-order valence-corrected chi connectivity index (χ3v) is 3.64. The molecule has 0 aliphatic carbocycles. The topological polar surface area (TPSA) is 40.5 Å². The highest BCUT2D eigenvalue weighted by Crippen LogP contribution is 2.25. The number of halogens is 1. The number of nitrogens with zero attached hydrogens (tertiary/aromatic N) is 1. The fraction of sp³-hybridized carbons (Fsp3) is 0.533. The number of rotatable bonds is 4. The quantitative estimate of drug-likeness (QED) is 0.909. The van der Waals surface area contributed by atoms with Crippen molar-refractivity contribution in [1.29, 1.82) is 0 Å². The van der Waals surface area contributed by atoms with Crippen LogP contribution in [0.15, 0.2) is 18.2 Å². The van der Waals surface area contributed by atoms with Crippen molar-refractivity contribution in [3.63, 3.8) is 0 Å². The molecule has 0 aromatic heterocycles. The molecule has 0 amide bonds. The molecule has 0 heterocycles. The zero-order valence-electron chi connectivity index (χ0n) is 12.2. The van der Waals surface area contributed by atoms with E-state index in [2.05, 4.69) is 27.7 Å². The van der Waals surface area contributed by atoms with Crippen LogP contribution in [0.4, 0.5) is 4.39 Å². The Morgan fingerprint density at radius 3 is 2.47 bits per heavy atom. The highest BCUT2D eigenvalue weighted by Gasteiger charge is 2.25. The lowest BCUT2D eigenvalue weighted by Gasteiger charge is -2.35. The second-order valence-electron chi connectivity index (χ2n) is 6.04. The zero-order valence-corrected chi connectivity index (χ0v) is 12.2. The zero-order chi connectivity index (χ0) is 14.8. The maximum atomic E-state index is 14.0. The number of benzene rings is 1. The first-order valence-corrected chi connectivity index (χ1v) is 6.35. The minimum Gasteiger partial charge on any atom is -0.478 e. The standard InChI is InChI=1S/C15H22FNO2/c1-10(15(2,3)4)17(5)9-11-7-6-8-12(13(11)16)14(18)19/h6-8,10H,9H2,1-5H3,(H,18,19). The van der Waals surface area contributed by atoms with Crippen molar-refractivity contribution in [2.75, 3.05) is 7.05 Å². The van der Waals surface area contributed by atoms with E-state index < -0.39 is 11.8 Å². The van der Waals surface area contributed by atoms with Gasteiger partial charge in [0.05, 0.1) is 5.56 Å². The lowest BCUT2D eigenvalue weighted by Crippen LogP contribution is -2.39. The Kier molecular flexibility index (Phi) is 4.69. The van der Waals surface area contributed by atoms with E-state index in [1.54, 1.807) is 12.1 Å². The van der Waals surface area contributed by atoms with Gasteiger partial charge >= 0.3 is 5.97 Å². The van der Waals surface area contributed by atoms with Gasteiger partial charge in [0.15, 0.2) is 0 Å². The summed E-state index contributed by atoms with van der Waals surface area (Å²) in [6.45, 7) is 8.85. The van der Waals surface area contributed by atoms with Gasteiger partial charge in [-0.1, -0.05) is 32.9 Å². The van der Waals surface area contributed by atoms with Gasteiger partial charge in [0.1, 0.15) is 5.82 Å². The Bertz CT molecular complexity index is 466. The van der Waals surface area contributed by atoms with E-state index >= 15 is 0 Å². The molecule has 0 aliphatic heterocycles. The average molecular weight is 267 g/mol. The predicted molar refractivity (Wildman–Crippen MR) is 73.7 cm³/mol. The summed E-state index contributed by atoms with van der Waals surface area (Å²) in [7, 11) is 1.92. The predicted octanol–water partition coefficient (Wildman–Crippen LogP) is 3.39. The molecular formula is C15H22FNO2. The van der Waals surface area contributed by atoms with Crippen LogP contribution >= 0.6 is 0 Å². The summed E-state index contributed by atoms with van der Waals surface area (Å²) < 4.78 is 14.0. The van der Waals surface area contributed by atoms with Gasteiger partial charge in [0, 0.05) is 18.2 Å². The third-order valence-electron chi connectivity index (χ3n) is 3.64. The molecule has 0 aliphatic rings. The van der Waals surface area contributed by atoms with Crippen LogP contribution in [0.2, 0.25) is 0 Å². The molecule has 1 unspecified atom stereocenters. The Labute approximate surface area is 114 Å². The monoisotopic (exact) mass is 267 g/mol. The van der Waals surface area contributed by atoms with Crippen molar-refractivity contribution >= 4 is 5.97 Å². The first-order valence-electron chi connectivity index (χ1n) is 6.35. The molecule has 0 fully saturated rings. The maximum Gasteiger partial charge on any atom is 0.338 e. The van der Waals surface area contributed by atoms with Crippen LogP contribution in [0, 0.1) is 11.2 Å². The van der Waals surface area contributed by atoms with E-state index in [0.29, 0.717) is 12.1 Å². The van der Waals surface area contributed by atoms with Crippen LogP contribution in [0.25, 0.3) is 0 Å². The number of aromatic carboxylic acids is 1. The highest BCUT2D eigenvalue weighted by atomic mass is 19.1. The summed E-state index contributed by atoms with van der Waals surface area (Å²) in [6.07, 6.45) is 0. The molecule has 0 saturated carbocycles. The molecule has 3 nitrogen and oxygen atoms in total. The van der Waals surface area contributed by atoms with Crippen LogP contribution in [0.1, 0.15) is 43.6 Å². The number of hydrogen-bond acceptors (Lipinski definition) is 2.